The molecule has 4 atom stereocenters. The quantitative estimate of drug-likeness (QED) is 0.837. The molecule has 0 radical (unpaired) electrons. The summed E-state index contributed by atoms with van der Waals surface area (Å²) in [6, 6.07) is 1.03. The minimum atomic E-state index is 0.0524. The summed E-state index contributed by atoms with van der Waals surface area (Å²) in [4.78, 5) is 14.6. The molecule has 0 aromatic heterocycles. The van der Waals surface area contributed by atoms with Crippen LogP contribution in [-0.4, -0.2) is 42.6 Å². The van der Waals surface area contributed by atoms with Gasteiger partial charge in [-0.3, -0.25) is 4.90 Å². The van der Waals surface area contributed by atoms with Crippen molar-refractivity contribution in [2.45, 2.75) is 70.4 Å². The van der Waals surface area contributed by atoms with Gasteiger partial charge in [-0.1, -0.05) is 32.6 Å². The van der Waals surface area contributed by atoms with Crippen molar-refractivity contribution < 1.29 is 4.79 Å². The monoisotopic (exact) mass is 293 g/mol. The average molecular weight is 293 g/mol. The van der Waals surface area contributed by atoms with Crippen molar-refractivity contribution in [1.82, 2.24) is 15.5 Å². The third-order valence-corrected chi connectivity index (χ3v) is 5.98. The second-order valence-corrected chi connectivity index (χ2v) is 7.29. The van der Waals surface area contributed by atoms with Crippen LogP contribution in [0.5, 0.6) is 0 Å². The fraction of sp³-hybridized carbons (Fsp3) is 0.941. The van der Waals surface area contributed by atoms with Gasteiger partial charge in [-0.2, -0.15) is 0 Å². The summed E-state index contributed by atoms with van der Waals surface area (Å²) in [7, 11) is 0. The number of piperidine rings is 3. The van der Waals surface area contributed by atoms with E-state index in [1.54, 1.807) is 0 Å². The minimum absolute atomic E-state index is 0.0524. The van der Waals surface area contributed by atoms with Gasteiger partial charge in [-0.05, 0) is 44.1 Å². The van der Waals surface area contributed by atoms with E-state index in [9.17, 15) is 4.79 Å². The number of rotatable bonds is 4. The fourth-order valence-corrected chi connectivity index (χ4v) is 4.62. The Morgan fingerprint density at radius 3 is 2.67 bits per heavy atom. The topological polar surface area (TPSA) is 44.4 Å². The first-order valence-electron chi connectivity index (χ1n) is 9.04. The molecule has 4 heteroatoms. The Morgan fingerprint density at radius 2 is 2.00 bits per heavy atom. The normalized spacial score (nSPS) is 36.4. The number of carbonyl (C=O) groups is 1. The maximum Gasteiger partial charge on any atom is 0.315 e. The number of hydrogen-bond donors (Lipinski definition) is 2. The van der Waals surface area contributed by atoms with E-state index < -0.39 is 0 Å². The molecular weight excluding hydrogens is 262 g/mol. The highest BCUT2D eigenvalue weighted by Gasteiger charge is 2.39. The van der Waals surface area contributed by atoms with Gasteiger partial charge in [-0.15, -0.1) is 0 Å². The van der Waals surface area contributed by atoms with Gasteiger partial charge >= 0.3 is 6.03 Å². The minimum Gasteiger partial charge on any atom is -0.337 e. The smallest absolute Gasteiger partial charge is 0.315 e. The van der Waals surface area contributed by atoms with Crippen LogP contribution in [0.2, 0.25) is 0 Å². The van der Waals surface area contributed by atoms with E-state index in [4.69, 9.17) is 0 Å². The molecule has 0 aromatic rings. The zero-order valence-electron chi connectivity index (χ0n) is 13.4. The maximum absolute atomic E-state index is 12.0. The Kier molecular flexibility index (Phi) is 5.04. The Bertz CT molecular complexity index is 354. The lowest BCUT2D eigenvalue weighted by Gasteiger charge is -2.50. The lowest BCUT2D eigenvalue weighted by atomic mass is 9.74. The van der Waals surface area contributed by atoms with Gasteiger partial charge in [0, 0.05) is 25.2 Å². The van der Waals surface area contributed by atoms with E-state index in [1.165, 1.54) is 51.6 Å². The highest BCUT2D eigenvalue weighted by Crippen LogP contribution is 2.37. The molecule has 0 aromatic carbocycles. The molecular formula is C17H31N3O. The second kappa shape index (κ2) is 6.99. The molecule has 4 rings (SSSR count). The average Bonchev–Trinajstić information content (AvgIpc) is 2.54. The number of nitrogens with zero attached hydrogens (tertiary/aromatic N) is 1. The molecule has 2 N–H and O–H groups in total. The molecule has 2 bridgehead atoms. The summed E-state index contributed by atoms with van der Waals surface area (Å²) in [6.07, 6.45) is 10.1. The number of hydrogen-bond acceptors (Lipinski definition) is 2. The molecule has 1 unspecified atom stereocenters. The standard InChI is InChI=1S/C17H31N3O/c1-2-13-12-20-9-8-14(13)10-16(20)11-18-17(21)19-15-6-4-3-5-7-15/h13-16H,2-12H2,1H3,(H2,18,19,21)/t13-,14-,16+/m0/s1. The number of nitrogens with one attached hydrogen (secondary N) is 2. The van der Waals surface area contributed by atoms with Crippen molar-refractivity contribution in [2.75, 3.05) is 19.6 Å². The maximum atomic E-state index is 12.0. The van der Waals surface area contributed by atoms with Crippen molar-refractivity contribution >= 4 is 6.03 Å². The van der Waals surface area contributed by atoms with Crippen LogP contribution in [0.15, 0.2) is 0 Å². The molecule has 0 spiro atoms. The van der Waals surface area contributed by atoms with Gasteiger partial charge in [0.25, 0.3) is 0 Å². The van der Waals surface area contributed by atoms with Crippen LogP contribution >= 0.6 is 0 Å². The van der Waals surface area contributed by atoms with E-state index in [0.29, 0.717) is 12.1 Å². The van der Waals surface area contributed by atoms with Crippen molar-refractivity contribution in [3.63, 3.8) is 0 Å². The Hall–Kier alpha value is -0.770. The molecule has 3 saturated heterocycles. The van der Waals surface area contributed by atoms with E-state index in [1.807, 2.05) is 0 Å². The molecule has 1 saturated carbocycles. The zero-order chi connectivity index (χ0) is 14.7. The summed E-state index contributed by atoms with van der Waals surface area (Å²) in [6.45, 7) is 5.62. The largest absolute Gasteiger partial charge is 0.337 e. The van der Waals surface area contributed by atoms with E-state index in [0.717, 1.165) is 31.2 Å². The predicted octanol–water partition coefficient (Wildman–Crippen LogP) is 2.74. The van der Waals surface area contributed by atoms with Crippen molar-refractivity contribution in [2.24, 2.45) is 11.8 Å². The number of amides is 2. The third-order valence-electron chi connectivity index (χ3n) is 5.98. The molecule has 21 heavy (non-hydrogen) atoms. The molecule has 4 nitrogen and oxygen atoms in total. The molecule has 4 aliphatic rings. The highest BCUT2D eigenvalue weighted by atomic mass is 16.2. The first kappa shape index (κ1) is 15.1. The molecule has 120 valence electrons. The van der Waals surface area contributed by atoms with E-state index in [-0.39, 0.29) is 6.03 Å². The molecule has 3 heterocycles. The van der Waals surface area contributed by atoms with Crippen LogP contribution in [0.25, 0.3) is 0 Å². The third kappa shape index (κ3) is 3.71. The van der Waals surface area contributed by atoms with E-state index >= 15 is 0 Å². The first-order chi connectivity index (χ1) is 10.3. The van der Waals surface area contributed by atoms with Crippen LogP contribution in [0.3, 0.4) is 0 Å². The van der Waals surface area contributed by atoms with Crippen molar-refractivity contribution in [1.29, 1.82) is 0 Å². The van der Waals surface area contributed by atoms with E-state index in [2.05, 4.69) is 22.5 Å². The van der Waals surface area contributed by atoms with Gasteiger partial charge in [0.15, 0.2) is 0 Å². The van der Waals surface area contributed by atoms with Crippen LogP contribution in [-0.2, 0) is 0 Å². The molecule has 2 amide bonds. The van der Waals surface area contributed by atoms with Gasteiger partial charge in [0.1, 0.15) is 0 Å². The zero-order valence-corrected chi connectivity index (χ0v) is 13.4. The summed E-state index contributed by atoms with van der Waals surface area (Å²) >= 11 is 0. The highest BCUT2D eigenvalue weighted by molar-refractivity contribution is 5.74. The van der Waals surface area contributed by atoms with Crippen LogP contribution < -0.4 is 10.6 Å². The Labute approximate surface area is 129 Å². The van der Waals surface area contributed by atoms with Crippen LogP contribution in [0.4, 0.5) is 4.79 Å². The predicted molar refractivity (Wildman–Crippen MR) is 85.3 cm³/mol. The van der Waals surface area contributed by atoms with Gasteiger partial charge in [0.2, 0.25) is 0 Å². The van der Waals surface area contributed by atoms with Crippen molar-refractivity contribution in [3.05, 3.63) is 0 Å². The number of fused-ring (bicyclic) bond motifs is 3. The van der Waals surface area contributed by atoms with Crippen LogP contribution in [0, 0.1) is 11.8 Å². The van der Waals surface area contributed by atoms with Crippen LogP contribution in [0.1, 0.15) is 58.3 Å². The fourth-order valence-electron chi connectivity index (χ4n) is 4.62. The summed E-state index contributed by atoms with van der Waals surface area (Å²) in [5.74, 6) is 1.79. The van der Waals surface area contributed by atoms with Gasteiger partial charge < -0.3 is 10.6 Å². The Balaban J connectivity index is 1.40. The first-order valence-corrected chi connectivity index (χ1v) is 9.04. The second-order valence-electron chi connectivity index (χ2n) is 7.29. The Morgan fingerprint density at radius 1 is 1.19 bits per heavy atom. The SMILES string of the molecule is CC[C@H]1CN2CC[C@H]1C[C@@H]2CNC(=O)NC1CCCCC1. The summed E-state index contributed by atoms with van der Waals surface area (Å²) < 4.78 is 0. The summed E-state index contributed by atoms with van der Waals surface area (Å²) in [5.41, 5.74) is 0. The van der Waals surface area contributed by atoms with Crippen molar-refractivity contribution in [3.8, 4) is 0 Å². The van der Waals surface area contributed by atoms with Gasteiger partial charge in [0.05, 0.1) is 0 Å². The lowest BCUT2D eigenvalue weighted by Crippen LogP contribution is -2.57. The molecule has 1 aliphatic carbocycles. The van der Waals surface area contributed by atoms with Gasteiger partial charge in [-0.25, -0.2) is 4.79 Å². The molecule has 4 fully saturated rings. The number of carbonyl (C=O) groups excluding carboxylic acids is 1. The summed E-state index contributed by atoms with van der Waals surface area (Å²) in [5, 5.41) is 6.28. The molecule has 3 aliphatic heterocycles. The lowest BCUT2D eigenvalue weighted by molar-refractivity contribution is 0.00141. The number of urea groups is 1.